The lowest BCUT2D eigenvalue weighted by atomic mass is 10.1. The molecule has 4 heteroatoms. The van der Waals surface area contributed by atoms with Crippen LogP contribution in [0.25, 0.3) is 11.5 Å². The minimum Gasteiger partial charge on any atom is -0.445 e. The van der Waals surface area contributed by atoms with E-state index in [0.717, 1.165) is 11.1 Å². The molecule has 2 aromatic rings. The summed E-state index contributed by atoms with van der Waals surface area (Å²) >= 11 is 0. The topological polar surface area (TPSA) is 58.3 Å². The number of nitrogens with one attached hydrogen (secondary N) is 1. The Balaban J connectivity index is 2.31. The zero-order valence-corrected chi connectivity index (χ0v) is 7.47. The lowest BCUT2D eigenvalue weighted by Gasteiger charge is -2.00. The van der Waals surface area contributed by atoms with E-state index < -0.39 is 0 Å². The number of hydroxylamine groups is 1. The van der Waals surface area contributed by atoms with E-state index in [1.165, 1.54) is 6.26 Å². The van der Waals surface area contributed by atoms with Crippen LogP contribution in [0.2, 0.25) is 0 Å². The molecule has 4 nitrogen and oxygen atoms in total. The van der Waals surface area contributed by atoms with Gasteiger partial charge in [0.1, 0.15) is 6.26 Å². The fourth-order valence-corrected chi connectivity index (χ4v) is 1.27. The zero-order valence-electron chi connectivity index (χ0n) is 7.47. The molecule has 0 saturated carbocycles. The van der Waals surface area contributed by atoms with Gasteiger partial charge in [0.15, 0.2) is 0 Å². The average Bonchev–Trinajstić information content (AvgIpc) is 2.71. The minimum absolute atomic E-state index is 0.411. The van der Waals surface area contributed by atoms with Crippen LogP contribution in [0.3, 0.4) is 0 Å². The van der Waals surface area contributed by atoms with Crippen LogP contribution in [0.4, 0.5) is 0 Å². The number of hydrogen-bond donors (Lipinski definition) is 2. The standard InChI is InChI=1S/C10H10N2O2/c13-12-7-8-2-1-3-9(6-8)10-11-4-5-14-10/h1-6,12-13H,7H2. The van der Waals surface area contributed by atoms with Crippen molar-refractivity contribution in [3.8, 4) is 11.5 Å². The molecule has 1 aromatic carbocycles. The second-order valence-electron chi connectivity index (χ2n) is 2.87. The van der Waals surface area contributed by atoms with E-state index in [4.69, 9.17) is 9.62 Å². The van der Waals surface area contributed by atoms with Crippen molar-refractivity contribution in [3.63, 3.8) is 0 Å². The highest BCUT2D eigenvalue weighted by Crippen LogP contribution is 2.17. The van der Waals surface area contributed by atoms with Crippen molar-refractivity contribution >= 4 is 0 Å². The quantitative estimate of drug-likeness (QED) is 0.725. The Hall–Kier alpha value is -1.65. The third-order valence-electron chi connectivity index (χ3n) is 1.89. The summed E-state index contributed by atoms with van der Waals surface area (Å²) in [5.74, 6) is 0.588. The molecule has 0 aliphatic carbocycles. The Morgan fingerprint density at radius 3 is 3.07 bits per heavy atom. The van der Waals surface area contributed by atoms with Gasteiger partial charge in [-0.1, -0.05) is 12.1 Å². The molecular weight excluding hydrogens is 180 g/mol. The number of hydrogen-bond acceptors (Lipinski definition) is 4. The van der Waals surface area contributed by atoms with Crippen LogP contribution >= 0.6 is 0 Å². The molecule has 0 saturated heterocycles. The Morgan fingerprint density at radius 1 is 1.43 bits per heavy atom. The van der Waals surface area contributed by atoms with Crippen LogP contribution in [0.5, 0.6) is 0 Å². The summed E-state index contributed by atoms with van der Waals surface area (Å²) < 4.78 is 5.16. The van der Waals surface area contributed by atoms with Crippen molar-refractivity contribution in [1.29, 1.82) is 0 Å². The normalized spacial score (nSPS) is 10.4. The van der Waals surface area contributed by atoms with Gasteiger partial charge in [0.2, 0.25) is 5.89 Å². The molecule has 0 unspecified atom stereocenters. The van der Waals surface area contributed by atoms with Crippen LogP contribution in [-0.2, 0) is 6.54 Å². The molecule has 14 heavy (non-hydrogen) atoms. The first kappa shape index (κ1) is 8.93. The number of nitrogens with zero attached hydrogens (tertiary/aromatic N) is 1. The minimum atomic E-state index is 0.411. The third kappa shape index (κ3) is 1.81. The van der Waals surface area contributed by atoms with E-state index >= 15 is 0 Å². The van der Waals surface area contributed by atoms with E-state index in [1.807, 2.05) is 24.3 Å². The molecule has 0 atom stereocenters. The first-order chi connectivity index (χ1) is 6.90. The molecule has 0 amide bonds. The fraction of sp³-hybridized carbons (Fsp3) is 0.100. The van der Waals surface area contributed by atoms with Crippen molar-refractivity contribution in [2.75, 3.05) is 0 Å². The summed E-state index contributed by atoms with van der Waals surface area (Å²) in [7, 11) is 0. The predicted molar refractivity (Wildman–Crippen MR) is 50.6 cm³/mol. The molecule has 0 fully saturated rings. The molecule has 1 aromatic heterocycles. The van der Waals surface area contributed by atoms with Gasteiger partial charge in [-0.15, -0.1) is 0 Å². The third-order valence-corrected chi connectivity index (χ3v) is 1.89. The van der Waals surface area contributed by atoms with Gasteiger partial charge < -0.3 is 9.62 Å². The Bertz CT molecular complexity index is 398. The number of oxazole rings is 1. The average molecular weight is 190 g/mol. The van der Waals surface area contributed by atoms with Crippen LogP contribution in [-0.4, -0.2) is 10.2 Å². The summed E-state index contributed by atoms with van der Waals surface area (Å²) in [6.07, 6.45) is 3.14. The predicted octanol–water partition coefficient (Wildman–Crippen LogP) is 1.82. The SMILES string of the molecule is ONCc1cccc(-c2ncco2)c1. The van der Waals surface area contributed by atoms with Gasteiger partial charge in [0.05, 0.1) is 6.20 Å². The highest BCUT2D eigenvalue weighted by molar-refractivity contribution is 5.53. The Morgan fingerprint density at radius 2 is 2.36 bits per heavy atom. The van der Waals surface area contributed by atoms with E-state index in [-0.39, 0.29) is 0 Å². The lowest BCUT2D eigenvalue weighted by molar-refractivity contribution is 0.161. The van der Waals surface area contributed by atoms with Crippen LogP contribution in [0.15, 0.2) is 41.1 Å². The van der Waals surface area contributed by atoms with E-state index in [9.17, 15) is 0 Å². The van der Waals surface area contributed by atoms with Crippen LogP contribution < -0.4 is 5.48 Å². The second kappa shape index (κ2) is 4.04. The molecule has 0 spiro atoms. The summed E-state index contributed by atoms with van der Waals surface area (Å²) in [4.78, 5) is 4.04. The number of aromatic nitrogens is 1. The zero-order chi connectivity index (χ0) is 9.80. The maximum Gasteiger partial charge on any atom is 0.225 e. The summed E-state index contributed by atoms with van der Waals surface area (Å²) in [5, 5.41) is 8.55. The molecule has 0 aliphatic rings. The smallest absolute Gasteiger partial charge is 0.225 e. The van der Waals surface area contributed by atoms with Gasteiger partial charge in [0, 0.05) is 12.1 Å². The van der Waals surface area contributed by atoms with Crippen molar-refractivity contribution in [3.05, 3.63) is 42.3 Å². The van der Waals surface area contributed by atoms with Gasteiger partial charge in [0.25, 0.3) is 0 Å². The first-order valence-corrected chi connectivity index (χ1v) is 4.26. The molecule has 1 heterocycles. The molecule has 72 valence electrons. The van der Waals surface area contributed by atoms with Crippen LogP contribution in [0.1, 0.15) is 5.56 Å². The number of rotatable bonds is 3. The molecular formula is C10H10N2O2. The highest BCUT2D eigenvalue weighted by Gasteiger charge is 2.02. The molecule has 2 rings (SSSR count). The molecule has 0 aliphatic heterocycles. The van der Waals surface area contributed by atoms with Crippen LogP contribution in [0, 0.1) is 0 Å². The van der Waals surface area contributed by atoms with Gasteiger partial charge in [-0.3, -0.25) is 0 Å². The highest BCUT2D eigenvalue weighted by atomic mass is 16.5. The molecule has 2 N–H and O–H groups in total. The molecule has 0 radical (unpaired) electrons. The summed E-state index contributed by atoms with van der Waals surface area (Å²) in [6.45, 7) is 0.411. The lowest BCUT2D eigenvalue weighted by Crippen LogP contribution is -2.05. The van der Waals surface area contributed by atoms with E-state index in [0.29, 0.717) is 12.4 Å². The van der Waals surface area contributed by atoms with Crippen molar-refractivity contribution in [2.24, 2.45) is 0 Å². The van der Waals surface area contributed by atoms with E-state index in [1.54, 1.807) is 6.20 Å². The van der Waals surface area contributed by atoms with Gasteiger partial charge in [-0.2, -0.15) is 0 Å². The fourth-order valence-electron chi connectivity index (χ4n) is 1.27. The maximum absolute atomic E-state index is 8.55. The number of benzene rings is 1. The first-order valence-electron chi connectivity index (χ1n) is 4.26. The van der Waals surface area contributed by atoms with Crippen molar-refractivity contribution < 1.29 is 9.62 Å². The van der Waals surface area contributed by atoms with Gasteiger partial charge >= 0.3 is 0 Å². The molecule has 0 bridgehead atoms. The second-order valence-corrected chi connectivity index (χ2v) is 2.87. The Labute approximate surface area is 81.2 Å². The maximum atomic E-state index is 8.55. The summed E-state index contributed by atoms with van der Waals surface area (Å²) in [5.41, 5.74) is 3.99. The Kier molecular flexibility index (Phi) is 2.58. The summed E-state index contributed by atoms with van der Waals surface area (Å²) in [6, 6.07) is 7.63. The van der Waals surface area contributed by atoms with E-state index in [2.05, 4.69) is 10.5 Å². The van der Waals surface area contributed by atoms with Crippen molar-refractivity contribution in [1.82, 2.24) is 10.5 Å². The van der Waals surface area contributed by atoms with Gasteiger partial charge in [-0.25, -0.2) is 10.5 Å². The van der Waals surface area contributed by atoms with Gasteiger partial charge in [-0.05, 0) is 17.7 Å². The monoisotopic (exact) mass is 190 g/mol. The van der Waals surface area contributed by atoms with Crippen molar-refractivity contribution in [2.45, 2.75) is 6.54 Å². The largest absolute Gasteiger partial charge is 0.445 e.